The highest BCUT2D eigenvalue weighted by atomic mass is 32.1. The fourth-order valence-electron chi connectivity index (χ4n) is 1.28. The van der Waals surface area contributed by atoms with Gasteiger partial charge in [0.1, 0.15) is 5.01 Å². The zero-order chi connectivity index (χ0) is 12.7. The predicted octanol–water partition coefficient (Wildman–Crippen LogP) is 2.46. The Balaban J connectivity index is 2.33. The van der Waals surface area contributed by atoms with Crippen LogP contribution < -0.4 is 5.32 Å². The molecular weight excluding hydrogens is 236 g/mol. The second-order valence-electron chi connectivity index (χ2n) is 4.21. The number of nitrogens with one attached hydrogen (secondary N) is 1. The second kappa shape index (κ2) is 7.40. The van der Waals surface area contributed by atoms with Gasteiger partial charge in [0.05, 0.1) is 6.61 Å². The van der Waals surface area contributed by atoms with Crippen molar-refractivity contribution in [3.05, 3.63) is 16.1 Å². The van der Waals surface area contributed by atoms with E-state index in [1.165, 1.54) is 11.3 Å². The van der Waals surface area contributed by atoms with Crippen molar-refractivity contribution in [2.45, 2.75) is 33.7 Å². The van der Waals surface area contributed by atoms with Crippen LogP contribution in [0, 0.1) is 5.92 Å². The molecule has 1 aromatic rings. The van der Waals surface area contributed by atoms with Crippen molar-refractivity contribution in [2.24, 2.45) is 5.92 Å². The van der Waals surface area contributed by atoms with Crippen molar-refractivity contribution in [1.82, 2.24) is 10.3 Å². The molecule has 1 aromatic heterocycles. The molecular formula is C12H20N2O2S. The van der Waals surface area contributed by atoms with Crippen LogP contribution in [0.3, 0.4) is 0 Å². The molecule has 0 unspecified atom stereocenters. The third-order valence-electron chi connectivity index (χ3n) is 2.21. The van der Waals surface area contributed by atoms with Crippen LogP contribution in [0.2, 0.25) is 0 Å². The summed E-state index contributed by atoms with van der Waals surface area (Å²) in [5.74, 6) is 0.367. The van der Waals surface area contributed by atoms with E-state index in [2.05, 4.69) is 24.1 Å². The molecule has 0 fully saturated rings. The molecule has 4 nitrogen and oxygen atoms in total. The summed E-state index contributed by atoms with van der Waals surface area (Å²) in [5, 5.41) is 5.99. The van der Waals surface area contributed by atoms with Gasteiger partial charge in [0.15, 0.2) is 5.69 Å². The Morgan fingerprint density at radius 3 is 3.00 bits per heavy atom. The number of carbonyl (C=O) groups excluding carboxylic acids is 1. The summed E-state index contributed by atoms with van der Waals surface area (Å²) in [4.78, 5) is 15.6. The first-order chi connectivity index (χ1) is 8.13. The number of thiazole rings is 1. The van der Waals surface area contributed by atoms with E-state index in [1.807, 2.05) is 0 Å². The maximum absolute atomic E-state index is 11.4. The summed E-state index contributed by atoms with van der Waals surface area (Å²) in [6, 6.07) is 0. The van der Waals surface area contributed by atoms with Crippen molar-refractivity contribution in [3.63, 3.8) is 0 Å². The lowest BCUT2D eigenvalue weighted by Gasteiger charge is -2.04. The van der Waals surface area contributed by atoms with Gasteiger partial charge in [-0.25, -0.2) is 9.78 Å². The lowest BCUT2D eigenvalue weighted by Crippen LogP contribution is -2.16. The largest absolute Gasteiger partial charge is 0.461 e. The van der Waals surface area contributed by atoms with E-state index < -0.39 is 0 Å². The van der Waals surface area contributed by atoms with Crippen LogP contribution in [0.1, 0.15) is 42.7 Å². The van der Waals surface area contributed by atoms with E-state index in [1.54, 1.807) is 12.3 Å². The van der Waals surface area contributed by atoms with Gasteiger partial charge in [-0.3, -0.25) is 0 Å². The third-order valence-corrected chi connectivity index (χ3v) is 3.06. The number of aromatic nitrogens is 1. The van der Waals surface area contributed by atoms with Gasteiger partial charge in [0.25, 0.3) is 0 Å². The Hall–Kier alpha value is -0.940. The normalized spacial score (nSPS) is 10.8. The van der Waals surface area contributed by atoms with Crippen molar-refractivity contribution >= 4 is 17.3 Å². The lowest BCUT2D eigenvalue weighted by atomic mass is 10.1. The Labute approximate surface area is 106 Å². The Morgan fingerprint density at radius 1 is 1.59 bits per heavy atom. The number of hydrogen-bond donors (Lipinski definition) is 1. The predicted molar refractivity (Wildman–Crippen MR) is 69.2 cm³/mol. The summed E-state index contributed by atoms with van der Waals surface area (Å²) in [6.07, 6.45) is 1.15. The van der Waals surface area contributed by atoms with E-state index >= 15 is 0 Å². The molecule has 0 aliphatic rings. The molecule has 0 radical (unpaired) electrons. The molecule has 0 aromatic carbocycles. The van der Waals surface area contributed by atoms with Crippen LogP contribution in [0.5, 0.6) is 0 Å². The lowest BCUT2D eigenvalue weighted by molar-refractivity contribution is 0.0520. The third kappa shape index (κ3) is 5.28. The first-order valence-corrected chi connectivity index (χ1v) is 6.83. The van der Waals surface area contributed by atoms with Gasteiger partial charge >= 0.3 is 5.97 Å². The zero-order valence-electron chi connectivity index (χ0n) is 10.7. The number of nitrogens with zero attached hydrogens (tertiary/aromatic N) is 1. The van der Waals surface area contributed by atoms with Crippen LogP contribution in [0.15, 0.2) is 5.38 Å². The van der Waals surface area contributed by atoms with Crippen LogP contribution in [-0.4, -0.2) is 24.1 Å². The van der Waals surface area contributed by atoms with E-state index in [4.69, 9.17) is 4.74 Å². The summed E-state index contributed by atoms with van der Waals surface area (Å²) < 4.78 is 4.88. The van der Waals surface area contributed by atoms with Crippen LogP contribution >= 0.6 is 11.3 Å². The molecule has 5 heteroatoms. The number of hydrogen-bond acceptors (Lipinski definition) is 5. The van der Waals surface area contributed by atoms with Gasteiger partial charge in [-0.05, 0) is 25.8 Å². The molecule has 0 bridgehead atoms. The highest BCUT2D eigenvalue weighted by Gasteiger charge is 2.10. The first kappa shape index (κ1) is 14.1. The molecule has 0 saturated carbocycles. The fraction of sp³-hybridized carbons (Fsp3) is 0.667. The topological polar surface area (TPSA) is 51.2 Å². The van der Waals surface area contributed by atoms with Crippen LogP contribution in [0.25, 0.3) is 0 Å². The minimum absolute atomic E-state index is 0.336. The van der Waals surface area contributed by atoms with Crippen molar-refractivity contribution in [2.75, 3.05) is 13.2 Å². The summed E-state index contributed by atoms with van der Waals surface area (Å²) >= 11 is 1.49. The number of ether oxygens (including phenoxy) is 1. The van der Waals surface area contributed by atoms with Gasteiger partial charge < -0.3 is 10.1 Å². The number of esters is 1. The minimum atomic E-state index is -0.336. The standard InChI is InChI=1S/C12H20N2O2S/c1-4-16-12(15)10-8-17-11(14-10)7-13-6-5-9(2)3/h8-9,13H,4-7H2,1-3H3. The molecule has 1 N–H and O–H groups in total. The molecule has 1 heterocycles. The second-order valence-corrected chi connectivity index (χ2v) is 5.15. The molecule has 1 rings (SSSR count). The molecule has 0 spiro atoms. The number of rotatable bonds is 7. The van der Waals surface area contributed by atoms with Crippen molar-refractivity contribution in [1.29, 1.82) is 0 Å². The maximum Gasteiger partial charge on any atom is 0.357 e. The van der Waals surface area contributed by atoms with Gasteiger partial charge in [0, 0.05) is 11.9 Å². The quantitative estimate of drug-likeness (QED) is 0.601. The van der Waals surface area contributed by atoms with Crippen molar-refractivity contribution < 1.29 is 9.53 Å². The zero-order valence-corrected chi connectivity index (χ0v) is 11.5. The average Bonchev–Trinajstić information content (AvgIpc) is 2.73. The highest BCUT2D eigenvalue weighted by molar-refractivity contribution is 7.09. The maximum atomic E-state index is 11.4. The van der Waals surface area contributed by atoms with Gasteiger partial charge in [0.2, 0.25) is 0 Å². The summed E-state index contributed by atoms with van der Waals surface area (Å²) in [6.45, 7) is 8.27. The SMILES string of the molecule is CCOC(=O)c1csc(CNCCC(C)C)n1. The molecule has 0 aliphatic heterocycles. The Bertz CT molecular complexity index is 350. The van der Waals surface area contributed by atoms with E-state index in [9.17, 15) is 4.79 Å². The summed E-state index contributed by atoms with van der Waals surface area (Å²) in [7, 11) is 0. The Morgan fingerprint density at radius 2 is 2.35 bits per heavy atom. The molecule has 0 atom stereocenters. The smallest absolute Gasteiger partial charge is 0.357 e. The van der Waals surface area contributed by atoms with E-state index in [0.29, 0.717) is 18.2 Å². The molecule has 0 saturated heterocycles. The van der Waals surface area contributed by atoms with Crippen LogP contribution in [0.4, 0.5) is 0 Å². The van der Waals surface area contributed by atoms with Crippen molar-refractivity contribution in [3.8, 4) is 0 Å². The van der Waals surface area contributed by atoms with Gasteiger partial charge in [-0.2, -0.15) is 0 Å². The first-order valence-electron chi connectivity index (χ1n) is 5.95. The minimum Gasteiger partial charge on any atom is -0.461 e. The molecule has 96 valence electrons. The molecule has 0 aliphatic carbocycles. The van der Waals surface area contributed by atoms with Gasteiger partial charge in [-0.15, -0.1) is 11.3 Å². The number of carbonyl (C=O) groups is 1. The van der Waals surface area contributed by atoms with Gasteiger partial charge in [-0.1, -0.05) is 13.8 Å². The van der Waals surface area contributed by atoms with Crippen LogP contribution in [-0.2, 0) is 11.3 Å². The highest BCUT2D eigenvalue weighted by Crippen LogP contribution is 2.10. The molecule has 0 amide bonds. The van der Waals surface area contributed by atoms with E-state index in [-0.39, 0.29) is 5.97 Å². The fourth-order valence-corrected chi connectivity index (χ4v) is 2.01. The molecule has 17 heavy (non-hydrogen) atoms. The average molecular weight is 256 g/mol. The Kier molecular flexibility index (Phi) is 6.15. The van der Waals surface area contributed by atoms with E-state index in [0.717, 1.165) is 24.5 Å². The monoisotopic (exact) mass is 256 g/mol. The summed E-state index contributed by atoms with van der Waals surface area (Å²) in [5.41, 5.74) is 0.414.